The Labute approximate surface area is 109 Å². The van der Waals surface area contributed by atoms with E-state index in [1.165, 1.54) is 0 Å². The van der Waals surface area contributed by atoms with Gasteiger partial charge in [0.25, 0.3) is 0 Å². The lowest BCUT2D eigenvalue weighted by Crippen LogP contribution is -2.52. The molecule has 0 aliphatic heterocycles. The van der Waals surface area contributed by atoms with Gasteiger partial charge in [0.15, 0.2) is 0 Å². The molecule has 3 nitrogen and oxygen atoms in total. The Bertz CT molecular complexity index is 383. The Morgan fingerprint density at radius 3 is 2.67 bits per heavy atom. The van der Waals surface area contributed by atoms with Gasteiger partial charge in [-0.05, 0) is 35.7 Å². The van der Waals surface area contributed by atoms with Crippen molar-refractivity contribution in [1.29, 1.82) is 0 Å². The summed E-state index contributed by atoms with van der Waals surface area (Å²) in [5.41, 5.74) is 0.612. The second-order valence-electron chi connectivity index (χ2n) is 6.59. The highest BCUT2D eigenvalue weighted by Gasteiger charge is 2.55. The van der Waals surface area contributed by atoms with Crippen LogP contribution < -0.4 is 0 Å². The summed E-state index contributed by atoms with van der Waals surface area (Å²) in [5, 5.41) is 19.4. The maximum atomic E-state index is 12.1. The third-order valence-corrected chi connectivity index (χ3v) is 5.55. The summed E-state index contributed by atoms with van der Waals surface area (Å²) in [4.78, 5) is 12.1. The average molecular weight is 252 g/mol. The van der Waals surface area contributed by atoms with Crippen molar-refractivity contribution in [3.8, 4) is 0 Å². The molecule has 102 valence electrons. The van der Waals surface area contributed by atoms with Gasteiger partial charge in [0.05, 0.1) is 12.7 Å². The molecule has 3 atom stereocenters. The predicted molar refractivity (Wildman–Crippen MR) is 70.0 cm³/mol. The summed E-state index contributed by atoms with van der Waals surface area (Å²) >= 11 is 0. The topological polar surface area (TPSA) is 57.5 Å². The lowest BCUT2D eigenvalue weighted by atomic mass is 9.48. The first-order valence-electron chi connectivity index (χ1n) is 6.84. The van der Waals surface area contributed by atoms with E-state index in [2.05, 4.69) is 13.8 Å². The lowest BCUT2D eigenvalue weighted by Gasteiger charge is -2.55. The van der Waals surface area contributed by atoms with Gasteiger partial charge in [-0.25, -0.2) is 0 Å². The van der Waals surface area contributed by atoms with Crippen molar-refractivity contribution < 1.29 is 15.0 Å². The molecule has 1 spiro atoms. The molecular formula is C15H24O3. The van der Waals surface area contributed by atoms with Crippen LogP contribution in [0, 0.1) is 16.7 Å². The molecule has 0 aromatic rings. The molecule has 0 saturated heterocycles. The maximum absolute atomic E-state index is 12.1. The van der Waals surface area contributed by atoms with Gasteiger partial charge in [0.2, 0.25) is 0 Å². The molecule has 1 fully saturated rings. The largest absolute Gasteiger partial charge is 0.392 e. The van der Waals surface area contributed by atoms with Crippen molar-refractivity contribution in [1.82, 2.24) is 0 Å². The molecule has 2 aliphatic rings. The predicted octanol–water partition coefficient (Wildman–Crippen LogP) is 2.07. The molecule has 0 amide bonds. The second kappa shape index (κ2) is 4.46. The molecule has 2 aliphatic carbocycles. The Morgan fingerprint density at radius 1 is 1.44 bits per heavy atom. The van der Waals surface area contributed by atoms with Gasteiger partial charge in [0.1, 0.15) is 5.78 Å². The van der Waals surface area contributed by atoms with E-state index in [1.54, 1.807) is 0 Å². The molecule has 0 radical (unpaired) electrons. The summed E-state index contributed by atoms with van der Waals surface area (Å²) in [6.07, 6.45) is 4.29. The fourth-order valence-electron chi connectivity index (χ4n) is 3.88. The second-order valence-corrected chi connectivity index (χ2v) is 6.59. The lowest BCUT2D eigenvalue weighted by molar-refractivity contribution is -0.142. The number of carbonyl (C=O) groups is 1. The van der Waals surface area contributed by atoms with E-state index in [0.717, 1.165) is 12.8 Å². The van der Waals surface area contributed by atoms with Gasteiger partial charge in [-0.2, -0.15) is 0 Å². The van der Waals surface area contributed by atoms with Crippen molar-refractivity contribution in [2.24, 2.45) is 16.7 Å². The minimum Gasteiger partial charge on any atom is -0.392 e. The zero-order chi connectivity index (χ0) is 13.6. The monoisotopic (exact) mass is 252 g/mol. The van der Waals surface area contributed by atoms with Crippen LogP contribution in [0.3, 0.4) is 0 Å². The molecule has 0 aromatic carbocycles. The van der Waals surface area contributed by atoms with E-state index in [0.29, 0.717) is 24.2 Å². The summed E-state index contributed by atoms with van der Waals surface area (Å²) in [7, 11) is 0. The van der Waals surface area contributed by atoms with Crippen LogP contribution in [0.2, 0.25) is 0 Å². The molecular weight excluding hydrogens is 228 g/mol. The number of carbonyl (C=O) groups excluding carboxylic acids is 1. The molecule has 1 saturated carbocycles. The fourth-order valence-corrected chi connectivity index (χ4v) is 3.88. The summed E-state index contributed by atoms with van der Waals surface area (Å²) in [6, 6.07) is 0. The molecule has 3 heteroatoms. The molecule has 18 heavy (non-hydrogen) atoms. The zero-order valence-electron chi connectivity index (χ0n) is 11.6. The Morgan fingerprint density at radius 2 is 2.11 bits per heavy atom. The van der Waals surface area contributed by atoms with E-state index in [-0.39, 0.29) is 23.4 Å². The Kier molecular flexibility index (Phi) is 3.41. The molecule has 3 unspecified atom stereocenters. The minimum absolute atomic E-state index is 0.00704. The van der Waals surface area contributed by atoms with E-state index < -0.39 is 6.10 Å². The normalized spacial score (nSPS) is 39.8. The quantitative estimate of drug-likeness (QED) is 0.702. The number of rotatable bonds is 1. The van der Waals surface area contributed by atoms with Crippen molar-refractivity contribution in [3.63, 3.8) is 0 Å². The van der Waals surface area contributed by atoms with E-state index >= 15 is 0 Å². The van der Waals surface area contributed by atoms with Crippen LogP contribution in [0.25, 0.3) is 0 Å². The van der Waals surface area contributed by atoms with Gasteiger partial charge in [-0.15, -0.1) is 0 Å². The standard InChI is InChI=1S/C15H24O3/c1-10-12(17)5-6-14(2,3)15(10)7-4-11(9-16)13(18)8-15/h4,10,13,16,18H,5-9H2,1-3H3. The minimum atomic E-state index is -0.601. The van der Waals surface area contributed by atoms with Crippen LogP contribution in [-0.2, 0) is 4.79 Å². The Balaban J connectivity index is 2.39. The highest BCUT2D eigenvalue weighted by molar-refractivity contribution is 5.82. The average Bonchev–Trinajstić information content (AvgIpc) is 2.33. The van der Waals surface area contributed by atoms with Crippen molar-refractivity contribution in [3.05, 3.63) is 11.6 Å². The van der Waals surface area contributed by atoms with Crippen LogP contribution in [0.1, 0.15) is 46.5 Å². The Hall–Kier alpha value is -0.670. The van der Waals surface area contributed by atoms with Crippen LogP contribution in [0.5, 0.6) is 0 Å². The number of ketones is 1. The summed E-state index contributed by atoms with van der Waals surface area (Å²) in [6.45, 7) is 6.34. The molecule has 2 N–H and O–H groups in total. The number of hydrogen-bond acceptors (Lipinski definition) is 3. The van der Waals surface area contributed by atoms with Gasteiger partial charge in [-0.1, -0.05) is 26.8 Å². The third kappa shape index (κ3) is 1.84. The van der Waals surface area contributed by atoms with E-state index in [1.807, 2.05) is 13.0 Å². The number of aliphatic hydroxyl groups is 2. The molecule has 0 bridgehead atoms. The molecule has 2 rings (SSSR count). The van der Waals surface area contributed by atoms with Crippen molar-refractivity contribution in [2.75, 3.05) is 6.61 Å². The third-order valence-electron chi connectivity index (χ3n) is 5.55. The fraction of sp³-hybridized carbons (Fsp3) is 0.800. The maximum Gasteiger partial charge on any atom is 0.136 e. The number of hydrogen-bond donors (Lipinski definition) is 2. The summed E-state index contributed by atoms with van der Waals surface area (Å²) in [5.74, 6) is 0.315. The van der Waals surface area contributed by atoms with Crippen molar-refractivity contribution >= 4 is 5.78 Å². The SMILES string of the molecule is CC1C(=O)CCC(C)(C)C12CC=C(CO)C(O)C2. The van der Waals surface area contributed by atoms with Crippen LogP contribution >= 0.6 is 0 Å². The zero-order valence-corrected chi connectivity index (χ0v) is 11.6. The van der Waals surface area contributed by atoms with E-state index in [4.69, 9.17) is 0 Å². The first-order chi connectivity index (χ1) is 8.34. The van der Waals surface area contributed by atoms with Crippen LogP contribution in [0.4, 0.5) is 0 Å². The summed E-state index contributed by atoms with van der Waals surface area (Å²) < 4.78 is 0. The number of allylic oxidation sites excluding steroid dienone is 1. The van der Waals surface area contributed by atoms with Gasteiger partial charge in [0, 0.05) is 12.3 Å². The first-order valence-corrected chi connectivity index (χ1v) is 6.84. The number of aliphatic hydroxyl groups excluding tert-OH is 2. The highest BCUT2D eigenvalue weighted by Crippen LogP contribution is 2.58. The molecule has 0 heterocycles. The van der Waals surface area contributed by atoms with Gasteiger partial charge in [-0.3, -0.25) is 4.79 Å². The van der Waals surface area contributed by atoms with Crippen LogP contribution in [-0.4, -0.2) is 28.7 Å². The first kappa shape index (κ1) is 13.8. The van der Waals surface area contributed by atoms with E-state index in [9.17, 15) is 15.0 Å². The number of Topliss-reactive ketones (excluding diaryl/α,β-unsaturated/α-hetero) is 1. The van der Waals surface area contributed by atoms with Crippen LogP contribution in [0.15, 0.2) is 11.6 Å². The smallest absolute Gasteiger partial charge is 0.136 e. The highest BCUT2D eigenvalue weighted by atomic mass is 16.3. The van der Waals surface area contributed by atoms with Gasteiger partial charge < -0.3 is 10.2 Å². The van der Waals surface area contributed by atoms with Crippen molar-refractivity contribution in [2.45, 2.75) is 52.6 Å². The molecule has 0 aromatic heterocycles. The van der Waals surface area contributed by atoms with Gasteiger partial charge >= 0.3 is 0 Å².